The van der Waals surface area contributed by atoms with Crippen molar-refractivity contribution in [2.75, 3.05) is 79.2 Å². The van der Waals surface area contributed by atoms with Crippen LogP contribution in [0.1, 0.15) is 37.0 Å². The molecule has 0 radical (unpaired) electrons. The summed E-state index contributed by atoms with van der Waals surface area (Å²) in [6, 6.07) is 10.4. The summed E-state index contributed by atoms with van der Waals surface area (Å²) in [5.74, 6) is -3.73. The monoisotopic (exact) mass is 1430 g/mol. The predicted octanol–water partition coefficient (Wildman–Crippen LogP) is -9.70. The average Bonchev–Trinajstić information content (AvgIpc) is 0.782. The highest BCUT2D eigenvalue weighted by molar-refractivity contribution is 5.90. The lowest BCUT2D eigenvalue weighted by atomic mass is 9.92. The topological polar surface area (TPSA) is 589 Å². The van der Waals surface area contributed by atoms with E-state index in [1.54, 1.807) is 31.2 Å². The van der Waals surface area contributed by atoms with E-state index in [0.717, 1.165) is 0 Å². The fraction of sp³-hybridized carbons (Fsp3) is 0.754. The van der Waals surface area contributed by atoms with E-state index in [4.69, 9.17) is 66.3 Å². The molecule has 12 unspecified atom stereocenters. The summed E-state index contributed by atoms with van der Waals surface area (Å²) >= 11 is 0. The minimum absolute atomic E-state index is 0.00538. The van der Waals surface area contributed by atoms with Crippen molar-refractivity contribution in [1.82, 2.24) is 10.6 Å². The number of carbonyl (C=O) groups is 3. The third kappa shape index (κ3) is 19.6. The zero-order valence-electron chi connectivity index (χ0n) is 53.7. The van der Waals surface area contributed by atoms with Crippen molar-refractivity contribution in [2.45, 2.75) is 199 Å². The second-order valence-corrected chi connectivity index (χ2v) is 24.7. The van der Waals surface area contributed by atoms with Gasteiger partial charge in [0.2, 0.25) is 0 Å². The van der Waals surface area contributed by atoms with Crippen LogP contribution < -0.4 is 20.1 Å². The van der Waals surface area contributed by atoms with Crippen molar-refractivity contribution in [1.29, 1.82) is 0 Å². The van der Waals surface area contributed by atoms with E-state index in [1.165, 1.54) is 25.1 Å². The number of ether oxygens (including phenoxy) is 14. The van der Waals surface area contributed by atoms with Crippen molar-refractivity contribution in [3.05, 3.63) is 48.0 Å². The van der Waals surface area contributed by atoms with Crippen LogP contribution in [0.4, 0.5) is 0 Å². The second kappa shape index (κ2) is 37.1. The molecule has 0 saturated carbocycles. The number of carbonyl (C=O) groups excluding carboxylic acids is 2. The Kier molecular flexibility index (Phi) is 30.0. The molecule has 6 aliphatic rings. The Hall–Kier alpha value is -4.75. The molecule has 6 aliphatic heterocycles. The zero-order chi connectivity index (χ0) is 72.1. The van der Waals surface area contributed by atoms with Gasteiger partial charge in [-0.15, -0.1) is 0 Å². The number of aliphatic hydroxyl groups excluding tert-OH is 18. The molecule has 6 heterocycles. The summed E-state index contributed by atoms with van der Waals surface area (Å²) in [5.41, 5.74) is 0.768. The van der Waals surface area contributed by atoms with E-state index in [2.05, 4.69) is 10.6 Å². The van der Waals surface area contributed by atoms with Gasteiger partial charge in [-0.1, -0.05) is 26.0 Å². The maximum Gasteiger partial charge on any atom is 0.335 e. The Balaban J connectivity index is 0.726. The van der Waals surface area contributed by atoms with Crippen LogP contribution in [0.25, 0.3) is 11.1 Å². The van der Waals surface area contributed by atoms with Crippen LogP contribution in [-0.2, 0) is 66.4 Å². The molecule has 2 amide bonds. The van der Waals surface area contributed by atoms with E-state index in [-0.39, 0.29) is 56.2 Å². The molecule has 2 aromatic rings. The average molecular weight is 1430 g/mol. The normalized spacial score (nSPS) is 39.6. The highest BCUT2D eigenvalue weighted by atomic mass is 16.8. The molecule has 6 fully saturated rings. The lowest BCUT2D eigenvalue weighted by molar-refractivity contribution is -0.377. The first kappa shape index (κ1) is 79.9. The fourth-order valence-electron chi connectivity index (χ4n) is 11.9. The third-order valence-electron chi connectivity index (χ3n) is 17.8. The van der Waals surface area contributed by atoms with Crippen LogP contribution in [-0.4, -0.2) is 366 Å². The lowest BCUT2D eigenvalue weighted by Gasteiger charge is -2.48. The van der Waals surface area contributed by atoms with Gasteiger partial charge in [0, 0.05) is 24.9 Å². The molecule has 38 heteroatoms. The molecule has 38 nitrogen and oxygen atoms in total. The van der Waals surface area contributed by atoms with Crippen LogP contribution in [0.3, 0.4) is 0 Å². The van der Waals surface area contributed by atoms with Crippen molar-refractivity contribution >= 4 is 17.8 Å². The summed E-state index contributed by atoms with van der Waals surface area (Å²) < 4.78 is 79.7. The number of benzene rings is 2. The number of carboxylic acid groups (broad SMARTS) is 1. The smallest absolute Gasteiger partial charge is 0.335 e. The van der Waals surface area contributed by atoms with E-state index in [9.17, 15) is 111 Å². The number of rotatable bonds is 32. The van der Waals surface area contributed by atoms with E-state index in [0.29, 0.717) is 11.1 Å². The summed E-state index contributed by atoms with van der Waals surface area (Å²) in [7, 11) is 0. The van der Waals surface area contributed by atoms with Crippen LogP contribution in [0.5, 0.6) is 11.5 Å². The SMILES string of the molecule is CC1[C@H](OCCCNC(=O)COc2ccc(-c3cc(OCC(=O)NCCCO[C@@H]4OC(CO)[C@@H](O[C@@H]5OC(CO)[C@H](O)[C@H](O[C@H]6OC(CO)[C@H](O)[C@H](O)C6O)C5O)[C@H](O)C4C)cc(C(=O)O)c3)cc2)OC(CO)[C@@H](O[C@@H]2OC(CO)[C@H](O)[C@H](O[C@H]3OC(CO)[C@H](O)[C@H](O)C3O)C2O)[C@@H]1O. The van der Waals surface area contributed by atoms with Gasteiger partial charge < -0.3 is 174 Å². The summed E-state index contributed by atoms with van der Waals surface area (Å²) in [6.07, 6.45) is -45.0. The van der Waals surface area contributed by atoms with Crippen LogP contribution in [0.2, 0.25) is 0 Å². The van der Waals surface area contributed by atoms with Crippen molar-refractivity contribution in [3.63, 3.8) is 0 Å². The number of amides is 2. The zero-order valence-corrected chi connectivity index (χ0v) is 53.7. The van der Waals surface area contributed by atoms with Gasteiger partial charge in [-0.2, -0.15) is 0 Å². The molecular weight excluding hydrogens is 1340 g/mol. The van der Waals surface area contributed by atoms with Gasteiger partial charge in [-0.3, -0.25) is 9.59 Å². The van der Waals surface area contributed by atoms with Crippen molar-refractivity contribution in [3.8, 4) is 22.6 Å². The number of hydrogen-bond donors (Lipinski definition) is 21. The Labute approximate surface area is 565 Å². The molecule has 21 N–H and O–H groups in total. The van der Waals surface area contributed by atoms with Crippen LogP contribution in [0, 0.1) is 11.8 Å². The minimum Gasteiger partial charge on any atom is -0.484 e. The van der Waals surface area contributed by atoms with Gasteiger partial charge in [-0.05, 0) is 54.3 Å². The maximum absolute atomic E-state index is 12.9. The largest absolute Gasteiger partial charge is 0.484 e. The molecule has 8 rings (SSSR count). The first-order valence-electron chi connectivity index (χ1n) is 32.2. The van der Waals surface area contributed by atoms with Crippen molar-refractivity contribution in [2.24, 2.45) is 11.8 Å². The molecule has 562 valence electrons. The Morgan fingerprint density at radius 2 is 0.737 bits per heavy atom. The van der Waals surface area contributed by atoms with E-state index < -0.39 is 255 Å². The minimum atomic E-state index is -1.93. The molecule has 0 aliphatic carbocycles. The fourth-order valence-corrected chi connectivity index (χ4v) is 11.9. The quantitative estimate of drug-likeness (QED) is 0.0303. The third-order valence-corrected chi connectivity index (χ3v) is 17.8. The van der Waals surface area contributed by atoms with Gasteiger partial charge in [0.1, 0.15) is 134 Å². The molecule has 99 heavy (non-hydrogen) atoms. The number of nitrogens with one attached hydrogen (secondary N) is 2. The first-order chi connectivity index (χ1) is 47.3. The standard InChI is InChI=1S/C61H92N2O36/c1-24-39(72)51(96-60-49(82)53(43(76)33(18-66)92-60)98-58-47(80)45(78)41(74)31(16-64)90-58)35(20-68)94-56(24)86-11-3-9-62-37(70)22-88-29-7-5-26(6-8-29)27-13-28(55(84)85)15-30(14-27)89-23-38(71)63-10-4-12-87-57-25(2)40(73)52(36(21-69)95-57)97-61-50(83)54(44(77)34(19-67)93-61)99-59-48(81)46(79)42(75)32(17-65)91-59/h5-8,13-15,24-25,31-36,39-54,56-61,64-69,72-83H,3-4,9-12,16-23H2,1-2H3,(H,62,70)(H,63,71)(H,84,85)/t24?,25?,31?,32?,33?,34?,35?,36?,39-,40-,41+,42+,43+,44+,45+,46+,47?,48?,49?,50?,51-,52-,53+,54+,56-,57-,58-,59-,60+,61+/m1/s1. The Bertz CT molecular complexity index is 2810. The van der Waals surface area contributed by atoms with Gasteiger partial charge in [0.05, 0.1) is 70.6 Å². The Morgan fingerprint density at radius 3 is 1.12 bits per heavy atom. The molecule has 0 aromatic heterocycles. The molecule has 6 saturated heterocycles. The number of carboxylic acids is 1. The number of aliphatic hydroxyl groups is 18. The van der Waals surface area contributed by atoms with Gasteiger partial charge in [0.15, 0.2) is 51.0 Å². The summed E-state index contributed by atoms with van der Waals surface area (Å²) in [6.45, 7) is -2.46. The van der Waals surface area contributed by atoms with Crippen LogP contribution >= 0.6 is 0 Å². The maximum atomic E-state index is 12.9. The molecule has 30 atom stereocenters. The predicted molar refractivity (Wildman–Crippen MR) is 321 cm³/mol. The molecule has 2 aromatic carbocycles. The molecular formula is C61H92N2O36. The van der Waals surface area contributed by atoms with Gasteiger partial charge in [-0.25, -0.2) is 4.79 Å². The lowest BCUT2D eigenvalue weighted by Crippen LogP contribution is -2.66. The van der Waals surface area contributed by atoms with E-state index in [1.807, 2.05) is 0 Å². The summed E-state index contributed by atoms with van der Waals surface area (Å²) in [5, 5.41) is 204. The number of hydrogen-bond acceptors (Lipinski definition) is 35. The number of aromatic carboxylic acids is 1. The first-order valence-corrected chi connectivity index (χ1v) is 32.2. The second-order valence-electron chi connectivity index (χ2n) is 24.7. The highest BCUT2D eigenvalue weighted by Gasteiger charge is 2.56. The van der Waals surface area contributed by atoms with Crippen molar-refractivity contribution < 1.29 is 178 Å². The van der Waals surface area contributed by atoms with Gasteiger partial charge in [0.25, 0.3) is 11.8 Å². The molecule has 0 spiro atoms. The Morgan fingerprint density at radius 1 is 0.384 bits per heavy atom. The molecule has 0 bridgehead atoms. The van der Waals surface area contributed by atoms with Crippen LogP contribution in [0.15, 0.2) is 42.5 Å². The van der Waals surface area contributed by atoms with E-state index >= 15 is 0 Å². The highest BCUT2D eigenvalue weighted by Crippen LogP contribution is 2.38. The summed E-state index contributed by atoms with van der Waals surface area (Å²) in [4.78, 5) is 37.8. The van der Waals surface area contributed by atoms with Gasteiger partial charge >= 0.3 is 5.97 Å².